The molecule has 3 N–H and O–H groups in total. The molecular formula is C48H52N2. The molecule has 5 aliphatic carbocycles. The molecule has 0 aromatic heterocycles. The van der Waals surface area contributed by atoms with Gasteiger partial charge < -0.3 is 11.1 Å². The van der Waals surface area contributed by atoms with Crippen LogP contribution in [0.5, 0.6) is 0 Å². The Morgan fingerprint density at radius 2 is 1.70 bits per heavy atom. The fourth-order valence-corrected chi connectivity index (χ4v) is 8.39. The van der Waals surface area contributed by atoms with Crippen molar-refractivity contribution in [3.8, 4) is 0 Å². The van der Waals surface area contributed by atoms with Gasteiger partial charge in [-0.3, -0.25) is 0 Å². The van der Waals surface area contributed by atoms with Crippen LogP contribution in [-0.2, 0) is 0 Å². The molecule has 0 saturated carbocycles. The fourth-order valence-electron chi connectivity index (χ4n) is 8.39. The summed E-state index contributed by atoms with van der Waals surface area (Å²) in [4.78, 5) is 0. The highest BCUT2D eigenvalue weighted by Gasteiger charge is 2.20. The summed E-state index contributed by atoms with van der Waals surface area (Å²) < 4.78 is 0. The van der Waals surface area contributed by atoms with Gasteiger partial charge in [0.2, 0.25) is 0 Å². The molecule has 0 fully saturated rings. The van der Waals surface area contributed by atoms with E-state index in [1.807, 2.05) is 6.08 Å². The van der Waals surface area contributed by atoms with Gasteiger partial charge in [0.1, 0.15) is 0 Å². The molecule has 2 heteroatoms. The fraction of sp³-hybridized carbons (Fsp3) is 0.292. The minimum atomic E-state index is 0.419. The van der Waals surface area contributed by atoms with Gasteiger partial charge in [-0.15, -0.1) is 0 Å². The van der Waals surface area contributed by atoms with E-state index in [0.717, 1.165) is 45.1 Å². The molecule has 2 nitrogen and oxygen atoms in total. The van der Waals surface area contributed by atoms with Gasteiger partial charge in [-0.25, -0.2) is 0 Å². The monoisotopic (exact) mass is 656 g/mol. The lowest BCUT2D eigenvalue weighted by molar-refractivity contribution is 0.551. The van der Waals surface area contributed by atoms with Crippen LogP contribution >= 0.6 is 0 Å². The minimum absolute atomic E-state index is 0.419. The third kappa shape index (κ3) is 7.72. The van der Waals surface area contributed by atoms with Gasteiger partial charge >= 0.3 is 0 Å². The van der Waals surface area contributed by atoms with Gasteiger partial charge in [-0.2, -0.15) is 0 Å². The van der Waals surface area contributed by atoms with Crippen LogP contribution in [0.15, 0.2) is 156 Å². The molecule has 7 rings (SSSR count). The Hall–Kier alpha value is -4.66. The maximum absolute atomic E-state index is 5.65. The van der Waals surface area contributed by atoms with Crippen molar-refractivity contribution in [1.29, 1.82) is 0 Å². The van der Waals surface area contributed by atoms with Crippen molar-refractivity contribution in [2.24, 2.45) is 11.7 Å². The first-order valence-electron chi connectivity index (χ1n) is 18.9. The SMILES string of the molecule is C/C(C1=CC=C(C2=CCCC(C3C=CC=CC3)=C2)CC1)=c1/cccc/c1=C(/CNC1C=CCCC1)C1=c2ccccc2=C(/C=C/C=C\N)CC1. The normalized spacial score (nSPS) is 23.4. The first-order valence-corrected chi connectivity index (χ1v) is 18.9. The number of allylic oxidation sites excluding steroid dienone is 16. The highest BCUT2D eigenvalue weighted by Crippen LogP contribution is 2.35. The highest BCUT2D eigenvalue weighted by atomic mass is 14.9. The van der Waals surface area contributed by atoms with Crippen LogP contribution in [0.1, 0.15) is 71.1 Å². The second-order valence-electron chi connectivity index (χ2n) is 14.2. The molecule has 0 aliphatic heterocycles. The quantitative estimate of drug-likeness (QED) is 0.212. The Bertz CT molecular complexity index is 2140. The Labute approximate surface area is 299 Å². The van der Waals surface area contributed by atoms with E-state index in [-0.39, 0.29) is 0 Å². The summed E-state index contributed by atoms with van der Waals surface area (Å²) in [5.74, 6) is 0.559. The van der Waals surface area contributed by atoms with Gasteiger partial charge in [0.25, 0.3) is 0 Å². The van der Waals surface area contributed by atoms with Crippen molar-refractivity contribution in [2.45, 2.75) is 77.2 Å². The molecule has 2 unspecified atom stereocenters. The summed E-state index contributed by atoms with van der Waals surface area (Å²) in [6, 6.07) is 18.6. The zero-order valence-electron chi connectivity index (χ0n) is 29.7. The Balaban J connectivity index is 1.33. The van der Waals surface area contributed by atoms with Gasteiger partial charge in [0, 0.05) is 18.5 Å². The number of benzene rings is 2. The van der Waals surface area contributed by atoms with Crippen LogP contribution in [0, 0.1) is 5.92 Å². The van der Waals surface area contributed by atoms with Crippen molar-refractivity contribution in [3.63, 3.8) is 0 Å². The number of fused-ring (bicyclic) bond motifs is 1. The van der Waals surface area contributed by atoms with E-state index in [4.69, 9.17) is 5.73 Å². The molecule has 2 aromatic carbocycles. The number of rotatable bonds is 9. The van der Waals surface area contributed by atoms with Gasteiger partial charge in [0.05, 0.1) is 0 Å². The molecular weight excluding hydrogens is 605 g/mol. The average molecular weight is 657 g/mol. The second-order valence-corrected chi connectivity index (χ2v) is 14.2. The second kappa shape index (κ2) is 16.4. The van der Waals surface area contributed by atoms with E-state index in [0.29, 0.717) is 12.0 Å². The zero-order chi connectivity index (χ0) is 34.1. The molecule has 2 aromatic rings. The number of nitrogens with two attached hydrogens (primary N) is 1. The summed E-state index contributed by atoms with van der Waals surface area (Å²) in [5, 5.41) is 9.39. The maximum Gasteiger partial charge on any atom is 0.0253 e. The number of hydrogen-bond acceptors (Lipinski definition) is 2. The first kappa shape index (κ1) is 33.8. The van der Waals surface area contributed by atoms with Crippen molar-refractivity contribution in [3.05, 3.63) is 177 Å². The number of nitrogens with one attached hydrogen (secondary N) is 1. The van der Waals surface area contributed by atoms with Gasteiger partial charge in [-0.05, 0) is 143 Å². The Kier molecular flexibility index (Phi) is 11.1. The van der Waals surface area contributed by atoms with Crippen LogP contribution in [0.4, 0.5) is 0 Å². The van der Waals surface area contributed by atoms with E-state index in [2.05, 4.69) is 134 Å². The van der Waals surface area contributed by atoms with E-state index < -0.39 is 0 Å². The molecule has 0 saturated heterocycles. The van der Waals surface area contributed by atoms with Crippen molar-refractivity contribution in [1.82, 2.24) is 5.32 Å². The van der Waals surface area contributed by atoms with E-state index in [9.17, 15) is 0 Å². The summed E-state index contributed by atoms with van der Waals surface area (Å²) in [7, 11) is 0. The highest BCUT2D eigenvalue weighted by molar-refractivity contribution is 5.91. The van der Waals surface area contributed by atoms with Crippen molar-refractivity contribution < 1.29 is 0 Å². The van der Waals surface area contributed by atoms with E-state index >= 15 is 0 Å². The van der Waals surface area contributed by atoms with Crippen LogP contribution in [-0.4, -0.2) is 12.6 Å². The molecule has 254 valence electrons. The summed E-state index contributed by atoms with van der Waals surface area (Å²) in [5.41, 5.74) is 17.3. The Morgan fingerprint density at radius 3 is 2.48 bits per heavy atom. The molecule has 0 amide bonds. The first-order chi connectivity index (χ1) is 24.7. The maximum atomic E-state index is 5.65. The van der Waals surface area contributed by atoms with Crippen molar-refractivity contribution >= 4 is 22.3 Å². The zero-order valence-corrected chi connectivity index (χ0v) is 29.7. The largest absolute Gasteiger partial charge is 0.405 e. The molecule has 0 spiro atoms. The topological polar surface area (TPSA) is 38.0 Å². The lowest BCUT2D eigenvalue weighted by Crippen LogP contribution is -2.39. The lowest BCUT2D eigenvalue weighted by Gasteiger charge is -2.24. The molecule has 5 aliphatic rings. The Morgan fingerprint density at radius 1 is 0.840 bits per heavy atom. The van der Waals surface area contributed by atoms with Crippen molar-refractivity contribution in [2.75, 3.05) is 6.54 Å². The van der Waals surface area contributed by atoms with E-state index in [1.165, 1.54) is 85.6 Å². The van der Waals surface area contributed by atoms with Crippen LogP contribution in [0.3, 0.4) is 0 Å². The van der Waals surface area contributed by atoms with Gasteiger partial charge in [0.15, 0.2) is 0 Å². The smallest absolute Gasteiger partial charge is 0.0253 e. The lowest BCUT2D eigenvalue weighted by atomic mass is 9.82. The van der Waals surface area contributed by atoms with Crippen LogP contribution in [0.2, 0.25) is 0 Å². The molecule has 0 bridgehead atoms. The molecule has 0 radical (unpaired) electrons. The third-order valence-corrected chi connectivity index (χ3v) is 11.2. The molecule has 2 atom stereocenters. The minimum Gasteiger partial charge on any atom is -0.405 e. The third-order valence-electron chi connectivity index (χ3n) is 11.2. The van der Waals surface area contributed by atoms with Crippen LogP contribution < -0.4 is 31.9 Å². The summed E-state index contributed by atoms with van der Waals surface area (Å²) >= 11 is 0. The number of hydrogen-bond donors (Lipinski definition) is 2. The summed E-state index contributed by atoms with van der Waals surface area (Å²) in [6.07, 6.45) is 42.7. The predicted octanol–water partition coefficient (Wildman–Crippen LogP) is 7.96. The van der Waals surface area contributed by atoms with Gasteiger partial charge in [-0.1, -0.05) is 127 Å². The van der Waals surface area contributed by atoms with E-state index in [1.54, 1.807) is 11.8 Å². The molecule has 0 heterocycles. The standard InChI is InChI=1S/C48H52N2/c1-35(36-26-28-38(29-27-36)41-19-14-18-40(33-41)37-15-4-2-5-16-37)43-22-8-10-24-45(43)48(34-50-42-20-6-3-7-21-42)47-31-30-39(17-12-13-32-49)44-23-9-11-25-46(44)47/h2,4-6,8-13,15,17,19-20,22-26,28,32-33,37,42,50H,3,7,14,16,18,21,27,29-31,34,49H2,1H3/b17-12+,32-13-,43-35+,48-45+. The molecule has 50 heavy (non-hydrogen) atoms. The van der Waals surface area contributed by atoms with Crippen LogP contribution in [0.25, 0.3) is 22.3 Å². The summed E-state index contributed by atoms with van der Waals surface area (Å²) in [6.45, 7) is 3.20. The predicted molar refractivity (Wildman–Crippen MR) is 214 cm³/mol. The average Bonchev–Trinajstić information content (AvgIpc) is 3.19.